The number of carbonyl (C=O) groups is 1. The summed E-state index contributed by atoms with van der Waals surface area (Å²) in [7, 11) is 0. The Labute approximate surface area is 119 Å². The van der Waals surface area contributed by atoms with E-state index in [1.165, 1.54) is 25.7 Å². The van der Waals surface area contributed by atoms with Crippen LogP contribution in [0.1, 0.15) is 42.7 Å². The molecule has 5 nitrogen and oxygen atoms in total. The fourth-order valence-corrected chi connectivity index (χ4v) is 3.80. The van der Waals surface area contributed by atoms with E-state index in [1.54, 1.807) is 0 Å². The Hall–Kier alpha value is -1.52. The van der Waals surface area contributed by atoms with Crippen LogP contribution in [0.4, 0.5) is 4.79 Å². The fraction of sp³-hybridized carbons (Fsp3) is 0.733. The normalized spacial score (nSPS) is 27.8. The molecular formula is C15H23N3O2. The van der Waals surface area contributed by atoms with E-state index < -0.39 is 0 Å². The van der Waals surface area contributed by atoms with E-state index in [0.29, 0.717) is 18.5 Å². The van der Waals surface area contributed by atoms with Crippen molar-refractivity contribution in [3.63, 3.8) is 0 Å². The van der Waals surface area contributed by atoms with E-state index >= 15 is 0 Å². The molecular weight excluding hydrogens is 254 g/mol. The molecule has 2 bridgehead atoms. The first-order valence-corrected chi connectivity index (χ1v) is 7.59. The molecule has 5 heteroatoms. The molecule has 0 aliphatic heterocycles. The Balaban J connectivity index is 1.41. The van der Waals surface area contributed by atoms with Gasteiger partial charge >= 0.3 is 6.03 Å². The van der Waals surface area contributed by atoms with E-state index in [-0.39, 0.29) is 6.03 Å². The molecule has 1 aromatic rings. The van der Waals surface area contributed by atoms with Crippen LogP contribution in [-0.4, -0.2) is 23.8 Å². The number of amides is 2. The largest absolute Gasteiger partial charge is 0.361 e. The molecule has 3 rings (SSSR count). The summed E-state index contributed by atoms with van der Waals surface area (Å²) in [5, 5.41) is 9.99. The Morgan fingerprint density at radius 1 is 1.35 bits per heavy atom. The van der Waals surface area contributed by atoms with Crippen molar-refractivity contribution in [3.05, 3.63) is 17.0 Å². The highest BCUT2D eigenvalue weighted by molar-refractivity contribution is 5.74. The number of nitrogens with zero attached hydrogens (tertiary/aromatic N) is 1. The number of aromatic nitrogens is 1. The summed E-state index contributed by atoms with van der Waals surface area (Å²) in [6, 6.07) is 0.363. The summed E-state index contributed by atoms with van der Waals surface area (Å²) in [6.45, 7) is 4.46. The number of hydrogen-bond donors (Lipinski definition) is 2. The van der Waals surface area contributed by atoms with Gasteiger partial charge < -0.3 is 15.2 Å². The quantitative estimate of drug-likeness (QED) is 0.887. The van der Waals surface area contributed by atoms with E-state index in [2.05, 4.69) is 15.8 Å². The lowest BCUT2D eigenvalue weighted by Crippen LogP contribution is -2.44. The van der Waals surface area contributed by atoms with Gasteiger partial charge in [-0.2, -0.15) is 0 Å². The molecule has 0 spiro atoms. The van der Waals surface area contributed by atoms with Crippen LogP contribution in [0.2, 0.25) is 0 Å². The minimum absolute atomic E-state index is 0.0330. The van der Waals surface area contributed by atoms with Gasteiger partial charge in [-0.3, -0.25) is 0 Å². The molecule has 1 heterocycles. The van der Waals surface area contributed by atoms with Gasteiger partial charge in [0.2, 0.25) is 0 Å². The Morgan fingerprint density at radius 3 is 2.80 bits per heavy atom. The maximum absolute atomic E-state index is 11.9. The van der Waals surface area contributed by atoms with Crippen LogP contribution in [-0.2, 0) is 6.42 Å². The van der Waals surface area contributed by atoms with Crippen molar-refractivity contribution in [3.8, 4) is 0 Å². The van der Waals surface area contributed by atoms with Crippen LogP contribution in [0, 0.1) is 25.7 Å². The molecule has 20 heavy (non-hydrogen) atoms. The van der Waals surface area contributed by atoms with Gasteiger partial charge in [-0.1, -0.05) is 11.6 Å². The molecule has 2 N–H and O–H groups in total. The number of fused-ring (bicyclic) bond motifs is 2. The van der Waals surface area contributed by atoms with Crippen molar-refractivity contribution < 1.29 is 9.32 Å². The first-order valence-electron chi connectivity index (χ1n) is 7.59. The van der Waals surface area contributed by atoms with Crippen LogP contribution >= 0.6 is 0 Å². The molecule has 2 fully saturated rings. The highest BCUT2D eigenvalue weighted by Crippen LogP contribution is 2.44. The zero-order valence-corrected chi connectivity index (χ0v) is 12.2. The summed E-state index contributed by atoms with van der Waals surface area (Å²) in [4.78, 5) is 11.9. The highest BCUT2D eigenvalue weighted by atomic mass is 16.5. The molecule has 3 atom stereocenters. The Morgan fingerprint density at radius 2 is 2.20 bits per heavy atom. The predicted molar refractivity (Wildman–Crippen MR) is 75.5 cm³/mol. The first kappa shape index (κ1) is 13.5. The van der Waals surface area contributed by atoms with Crippen molar-refractivity contribution in [2.45, 2.75) is 52.0 Å². The summed E-state index contributed by atoms with van der Waals surface area (Å²) in [6.07, 6.45) is 5.89. The highest BCUT2D eigenvalue weighted by Gasteiger charge is 2.40. The third-order valence-electron chi connectivity index (χ3n) is 4.90. The number of hydrogen-bond acceptors (Lipinski definition) is 3. The summed E-state index contributed by atoms with van der Waals surface area (Å²) >= 11 is 0. The number of urea groups is 1. The van der Waals surface area contributed by atoms with Crippen LogP contribution in [0.3, 0.4) is 0 Å². The Bertz CT molecular complexity index is 478. The summed E-state index contributed by atoms with van der Waals surface area (Å²) in [5.41, 5.74) is 2.02. The van der Waals surface area contributed by atoms with Gasteiger partial charge in [0.15, 0.2) is 0 Å². The fourth-order valence-electron chi connectivity index (χ4n) is 3.80. The molecule has 2 aliphatic rings. The number of aryl methyl sites for hydroxylation is 2. The molecule has 0 saturated heterocycles. The van der Waals surface area contributed by atoms with Gasteiger partial charge in [-0.05, 0) is 51.4 Å². The molecule has 0 aromatic carbocycles. The Kier molecular flexibility index (Phi) is 3.68. The van der Waals surface area contributed by atoms with Crippen molar-refractivity contribution >= 4 is 6.03 Å². The van der Waals surface area contributed by atoms with E-state index in [9.17, 15) is 4.79 Å². The number of nitrogens with one attached hydrogen (secondary N) is 2. The van der Waals surface area contributed by atoms with Crippen LogP contribution in [0.25, 0.3) is 0 Å². The molecule has 110 valence electrons. The zero-order chi connectivity index (χ0) is 14.1. The minimum Gasteiger partial charge on any atom is -0.361 e. The van der Waals surface area contributed by atoms with Gasteiger partial charge in [0.1, 0.15) is 5.76 Å². The minimum atomic E-state index is -0.0330. The second-order valence-electron chi connectivity index (χ2n) is 6.23. The van der Waals surface area contributed by atoms with Crippen LogP contribution < -0.4 is 10.6 Å². The van der Waals surface area contributed by atoms with Gasteiger partial charge in [0.05, 0.1) is 5.69 Å². The van der Waals surface area contributed by atoms with E-state index in [1.807, 2.05) is 13.8 Å². The third kappa shape index (κ3) is 2.67. The lowest BCUT2D eigenvalue weighted by molar-refractivity contribution is 0.231. The van der Waals surface area contributed by atoms with Crippen molar-refractivity contribution in [2.24, 2.45) is 11.8 Å². The van der Waals surface area contributed by atoms with Gasteiger partial charge in [0, 0.05) is 18.2 Å². The lowest BCUT2D eigenvalue weighted by atomic mass is 9.95. The SMILES string of the molecule is Cc1noc(C)c1CCNC(=O)N[C@@H]1C[C@H]2CC[C@@H]1C2. The average molecular weight is 277 g/mol. The maximum atomic E-state index is 11.9. The summed E-state index contributed by atoms with van der Waals surface area (Å²) < 4.78 is 5.12. The molecule has 2 amide bonds. The predicted octanol–water partition coefficient (Wildman–Crippen LogP) is 2.32. The molecule has 0 radical (unpaired) electrons. The zero-order valence-electron chi connectivity index (χ0n) is 12.2. The molecule has 2 aliphatic carbocycles. The second kappa shape index (κ2) is 5.46. The van der Waals surface area contributed by atoms with Crippen molar-refractivity contribution in [1.82, 2.24) is 15.8 Å². The van der Waals surface area contributed by atoms with E-state index in [4.69, 9.17) is 4.52 Å². The standard InChI is InChI=1S/C15H23N3O2/c1-9-13(10(2)20-18-9)5-6-16-15(19)17-14-8-11-3-4-12(14)7-11/h11-12,14H,3-8H2,1-2H3,(H2,16,17,19)/t11-,12+,14+/m0/s1. The monoisotopic (exact) mass is 277 g/mol. The van der Waals surface area contributed by atoms with Gasteiger partial charge in [0.25, 0.3) is 0 Å². The molecule has 0 unspecified atom stereocenters. The van der Waals surface area contributed by atoms with Gasteiger partial charge in [-0.15, -0.1) is 0 Å². The average Bonchev–Trinajstić information content (AvgIpc) is 3.09. The maximum Gasteiger partial charge on any atom is 0.315 e. The van der Waals surface area contributed by atoms with Crippen LogP contribution in [0.5, 0.6) is 0 Å². The number of carbonyl (C=O) groups excluding carboxylic acids is 1. The van der Waals surface area contributed by atoms with Gasteiger partial charge in [-0.25, -0.2) is 4.79 Å². The molecule has 1 aromatic heterocycles. The smallest absolute Gasteiger partial charge is 0.315 e. The van der Waals surface area contributed by atoms with E-state index in [0.717, 1.165) is 29.4 Å². The first-order chi connectivity index (χ1) is 9.63. The topological polar surface area (TPSA) is 67.2 Å². The number of rotatable bonds is 4. The van der Waals surface area contributed by atoms with Crippen molar-refractivity contribution in [2.75, 3.05) is 6.54 Å². The molecule has 2 saturated carbocycles. The lowest BCUT2D eigenvalue weighted by Gasteiger charge is -2.23. The summed E-state index contributed by atoms with van der Waals surface area (Å²) in [5.74, 6) is 2.42. The van der Waals surface area contributed by atoms with Crippen LogP contribution in [0.15, 0.2) is 4.52 Å². The van der Waals surface area contributed by atoms with Crippen molar-refractivity contribution in [1.29, 1.82) is 0 Å². The third-order valence-corrected chi connectivity index (χ3v) is 4.90. The second-order valence-corrected chi connectivity index (χ2v) is 6.23.